The van der Waals surface area contributed by atoms with Crippen LogP contribution >= 0.6 is 0 Å². The fraction of sp³-hybridized carbons (Fsp3) is 0.833. The second-order valence-corrected chi connectivity index (χ2v) is 4.91. The third-order valence-corrected chi connectivity index (χ3v) is 3.80. The zero-order chi connectivity index (χ0) is 11.7. The van der Waals surface area contributed by atoms with Gasteiger partial charge in [-0.15, -0.1) is 0 Å². The van der Waals surface area contributed by atoms with Crippen LogP contribution in [0.15, 0.2) is 4.52 Å². The average molecular weight is 237 g/mol. The van der Waals surface area contributed by atoms with Crippen molar-refractivity contribution in [3.8, 4) is 0 Å². The number of ether oxygens (including phenoxy) is 1. The summed E-state index contributed by atoms with van der Waals surface area (Å²) in [5.74, 6) is 1.53. The molecule has 0 unspecified atom stereocenters. The zero-order valence-electron chi connectivity index (χ0n) is 10.3. The van der Waals surface area contributed by atoms with E-state index in [1.807, 2.05) is 6.92 Å². The summed E-state index contributed by atoms with van der Waals surface area (Å²) < 4.78 is 10.5. The molecule has 1 aromatic heterocycles. The Morgan fingerprint density at radius 2 is 2.06 bits per heavy atom. The van der Waals surface area contributed by atoms with Crippen molar-refractivity contribution in [1.29, 1.82) is 0 Å². The van der Waals surface area contributed by atoms with E-state index in [1.54, 1.807) is 0 Å². The molecular weight excluding hydrogens is 218 g/mol. The van der Waals surface area contributed by atoms with Crippen molar-refractivity contribution in [1.82, 2.24) is 15.0 Å². The molecule has 2 fully saturated rings. The lowest BCUT2D eigenvalue weighted by Crippen LogP contribution is -2.39. The molecule has 3 heterocycles. The minimum absolute atomic E-state index is 0.357. The van der Waals surface area contributed by atoms with Crippen LogP contribution in [0.25, 0.3) is 0 Å². The predicted octanol–water partition coefficient (Wildman–Crippen LogP) is 1.69. The van der Waals surface area contributed by atoms with Gasteiger partial charge in [-0.3, -0.25) is 4.90 Å². The molecule has 2 aliphatic heterocycles. The number of nitrogens with zero attached hydrogens (tertiary/aromatic N) is 3. The van der Waals surface area contributed by atoms with E-state index in [2.05, 4.69) is 15.0 Å². The van der Waals surface area contributed by atoms with Crippen molar-refractivity contribution in [3.05, 3.63) is 11.7 Å². The van der Waals surface area contributed by atoms with Gasteiger partial charge in [-0.05, 0) is 32.2 Å². The topological polar surface area (TPSA) is 51.4 Å². The Morgan fingerprint density at radius 3 is 2.76 bits per heavy atom. The van der Waals surface area contributed by atoms with E-state index in [4.69, 9.17) is 9.26 Å². The van der Waals surface area contributed by atoms with Crippen LogP contribution in [-0.2, 0) is 4.74 Å². The molecule has 0 bridgehead atoms. The summed E-state index contributed by atoms with van der Waals surface area (Å²) in [4.78, 5) is 6.94. The first-order valence-electron chi connectivity index (χ1n) is 6.48. The van der Waals surface area contributed by atoms with E-state index in [0.29, 0.717) is 18.0 Å². The highest BCUT2D eigenvalue weighted by molar-refractivity contribution is 4.99. The SMILES string of the molecule is Cc1nc([C@@H]2CCCN2C2CCOCC2)no1. The van der Waals surface area contributed by atoms with Crippen molar-refractivity contribution in [2.45, 2.75) is 44.7 Å². The lowest BCUT2D eigenvalue weighted by Gasteiger charge is -2.34. The van der Waals surface area contributed by atoms with Gasteiger partial charge in [0.15, 0.2) is 5.82 Å². The Kier molecular flexibility index (Phi) is 3.11. The number of hydrogen-bond donors (Lipinski definition) is 0. The number of aromatic nitrogens is 2. The minimum Gasteiger partial charge on any atom is -0.381 e. The molecule has 0 aromatic carbocycles. The summed E-state index contributed by atoms with van der Waals surface area (Å²) in [6.07, 6.45) is 4.65. The fourth-order valence-corrected chi connectivity index (χ4v) is 2.97. The van der Waals surface area contributed by atoms with Crippen LogP contribution in [0.4, 0.5) is 0 Å². The van der Waals surface area contributed by atoms with E-state index in [-0.39, 0.29) is 0 Å². The zero-order valence-corrected chi connectivity index (χ0v) is 10.3. The third-order valence-electron chi connectivity index (χ3n) is 3.80. The highest BCUT2D eigenvalue weighted by Gasteiger charge is 2.35. The largest absolute Gasteiger partial charge is 0.381 e. The van der Waals surface area contributed by atoms with Gasteiger partial charge in [0.2, 0.25) is 5.89 Å². The average Bonchev–Trinajstić information content (AvgIpc) is 2.98. The quantitative estimate of drug-likeness (QED) is 0.783. The maximum absolute atomic E-state index is 5.43. The third kappa shape index (κ3) is 2.21. The van der Waals surface area contributed by atoms with Crippen LogP contribution in [0.5, 0.6) is 0 Å². The highest BCUT2D eigenvalue weighted by Crippen LogP contribution is 2.34. The Balaban J connectivity index is 1.74. The maximum atomic E-state index is 5.43. The first kappa shape index (κ1) is 11.2. The first-order chi connectivity index (χ1) is 8.34. The lowest BCUT2D eigenvalue weighted by atomic mass is 10.1. The molecule has 0 saturated carbocycles. The van der Waals surface area contributed by atoms with Gasteiger partial charge in [0.25, 0.3) is 0 Å². The number of aryl methyl sites for hydroxylation is 1. The smallest absolute Gasteiger partial charge is 0.223 e. The van der Waals surface area contributed by atoms with E-state index in [9.17, 15) is 0 Å². The van der Waals surface area contributed by atoms with Crippen LogP contribution < -0.4 is 0 Å². The number of likely N-dealkylation sites (tertiary alicyclic amines) is 1. The second kappa shape index (κ2) is 4.74. The van der Waals surface area contributed by atoms with Crippen LogP contribution in [0.3, 0.4) is 0 Å². The summed E-state index contributed by atoms with van der Waals surface area (Å²) in [7, 11) is 0. The summed E-state index contributed by atoms with van der Waals surface area (Å²) in [6, 6.07) is 0.991. The minimum atomic E-state index is 0.357. The Morgan fingerprint density at radius 1 is 1.24 bits per heavy atom. The van der Waals surface area contributed by atoms with Crippen molar-refractivity contribution in [2.75, 3.05) is 19.8 Å². The van der Waals surface area contributed by atoms with Gasteiger partial charge >= 0.3 is 0 Å². The monoisotopic (exact) mass is 237 g/mol. The molecule has 2 saturated heterocycles. The van der Waals surface area contributed by atoms with Crippen molar-refractivity contribution in [3.63, 3.8) is 0 Å². The Labute approximate surface area is 101 Å². The molecule has 0 amide bonds. The fourth-order valence-electron chi connectivity index (χ4n) is 2.97. The molecule has 94 valence electrons. The van der Waals surface area contributed by atoms with Gasteiger partial charge in [-0.2, -0.15) is 4.98 Å². The normalized spacial score (nSPS) is 27.7. The predicted molar refractivity (Wildman–Crippen MR) is 61.6 cm³/mol. The van der Waals surface area contributed by atoms with E-state index < -0.39 is 0 Å². The van der Waals surface area contributed by atoms with Gasteiger partial charge in [0, 0.05) is 26.2 Å². The summed E-state index contributed by atoms with van der Waals surface area (Å²) in [6.45, 7) is 4.78. The van der Waals surface area contributed by atoms with Gasteiger partial charge in [-0.1, -0.05) is 5.16 Å². The van der Waals surface area contributed by atoms with Crippen LogP contribution in [0, 0.1) is 6.92 Å². The molecule has 0 spiro atoms. The molecule has 5 heteroatoms. The molecule has 17 heavy (non-hydrogen) atoms. The molecule has 0 aliphatic carbocycles. The van der Waals surface area contributed by atoms with Gasteiger partial charge < -0.3 is 9.26 Å². The number of hydrogen-bond acceptors (Lipinski definition) is 5. The summed E-state index contributed by atoms with van der Waals surface area (Å²) in [5.41, 5.74) is 0. The molecule has 2 aliphatic rings. The lowest BCUT2D eigenvalue weighted by molar-refractivity contribution is 0.0276. The van der Waals surface area contributed by atoms with Gasteiger partial charge in [0.05, 0.1) is 6.04 Å². The highest BCUT2D eigenvalue weighted by atomic mass is 16.5. The van der Waals surface area contributed by atoms with Gasteiger partial charge in [-0.25, -0.2) is 0 Å². The van der Waals surface area contributed by atoms with Crippen molar-refractivity contribution >= 4 is 0 Å². The first-order valence-corrected chi connectivity index (χ1v) is 6.48. The molecule has 0 radical (unpaired) electrons. The molecule has 3 rings (SSSR count). The molecule has 1 aromatic rings. The summed E-state index contributed by atoms with van der Waals surface area (Å²) in [5, 5.41) is 4.08. The van der Waals surface area contributed by atoms with Crippen LogP contribution in [0.1, 0.15) is 43.4 Å². The summed E-state index contributed by atoms with van der Waals surface area (Å²) >= 11 is 0. The second-order valence-electron chi connectivity index (χ2n) is 4.91. The van der Waals surface area contributed by atoms with Crippen LogP contribution in [-0.4, -0.2) is 40.8 Å². The van der Waals surface area contributed by atoms with Gasteiger partial charge in [0.1, 0.15) is 0 Å². The maximum Gasteiger partial charge on any atom is 0.223 e. The number of rotatable bonds is 2. The standard InChI is InChI=1S/C12H19N3O2/c1-9-13-12(14-17-9)11-3-2-6-15(11)10-4-7-16-8-5-10/h10-11H,2-8H2,1H3/t11-/m0/s1. The van der Waals surface area contributed by atoms with E-state index >= 15 is 0 Å². The Hall–Kier alpha value is -0.940. The molecule has 0 N–H and O–H groups in total. The van der Waals surface area contributed by atoms with E-state index in [1.165, 1.54) is 6.42 Å². The van der Waals surface area contributed by atoms with Crippen LogP contribution in [0.2, 0.25) is 0 Å². The molecule has 5 nitrogen and oxygen atoms in total. The molecular formula is C12H19N3O2. The van der Waals surface area contributed by atoms with Crippen molar-refractivity contribution in [2.24, 2.45) is 0 Å². The van der Waals surface area contributed by atoms with E-state index in [0.717, 1.165) is 44.8 Å². The Bertz CT molecular complexity index is 374. The molecule has 1 atom stereocenters. The van der Waals surface area contributed by atoms with Crippen molar-refractivity contribution < 1.29 is 9.26 Å².